The van der Waals surface area contributed by atoms with Gasteiger partial charge in [-0.2, -0.15) is 0 Å². The Bertz CT molecular complexity index is 1400. The van der Waals surface area contributed by atoms with Crippen LogP contribution in [0.3, 0.4) is 0 Å². The normalized spacial score (nSPS) is 19.5. The minimum absolute atomic E-state index is 0.119. The Balaban J connectivity index is 2.65. The van der Waals surface area contributed by atoms with Crippen LogP contribution in [0.25, 0.3) is 0 Å². The lowest BCUT2D eigenvalue weighted by molar-refractivity contribution is -0.305. The molecule has 0 spiro atoms. The first-order valence-corrected chi connectivity index (χ1v) is 31.4. The fraction of sp³-hybridized carbons (Fsp3) is 0.844. The maximum Gasteiger partial charge on any atom is 0.306 e. The molecular weight excluding hydrogens is 943 g/mol. The number of aliphatic hydroxyl groups is 5. The van der Waals surface area contributed by atoms with Gasteiger partial charge in [-0.05, 0) is 83.5 Å². The summed E-state index contributed by atoms with van der Waals surface area (Å²) in [6.07, 6.45) is 52.9. The van der Waals surface area contributed by atoms with Crippen LogP contribution in [0.2, 0.25) is 0 Å². The van der Waals surface area contributed by atoms with Crippen LogP contribution < -0.4 is 5.32 Å². The third-order valence-electron chi connectivity index (χ3n) is 14.7. The molecule has 1 amide bonds. The third kappa shape index (κ3) is 40.5. The molecule has 0 aromatic rings. The monoisotopic (exact) mass is 1060 g/mol. The van der Waals surface area contributed by atoms with Gasteiger partial charge in [-0.15, -0.1) is 0 Å². The van der Waals surface area contributed by atoms with Crippen molar-refractivity contribution in [1.82, 2.24) is 5.32 Å². The maximum absolute atomic E-state index is 13.4. The molecule has 75 heavy (non-hydrogen) atoms. The van der Waals surface area contributed by atoms with Crippen molar-refractivity contribution in [2.45, 2.75) is 333 Å². The van der Waals surface area contributed by atoms with Crippen LogP contribution in [0.4, 0.5) is 0 Å². The van der Waals surface area contributed by atoms with Crippen LogP contribution in [0.5, 0.6) is 0 Å². The molecule has 1 heterocycles. The zero-order valence-corrected chi connectivity index (χ0v) is 48.4. The maximum atomic E-state index is 13.4. The zero-order chi connectivity index (χ0) is 54.7. The number of carbonyl (C=O) groups is 2. The summed E-state index contributed by atoms with van der Waals surface area (Å²) in [7, 11) is 0. The summed E-state index contributed by atoms with van der Waals surface area (Å²) in [5.41, 5.74) is 0. The van der Waals surface area contributed by atoms with E-state index >= 15 is 0 Å². The van der Waals surface area contributed by atoms with Gasteiger partial charge in [0.15, 0.2) is 12.4 Å². The highest BCUT2D eigenvalue weighted by Gasteiger charge is 2.47. The number of amides is 1. The van der Waals surface area contributed by atoms with Gasteiger partial charge >= 0.3 is 5.97 Å². The number of esters is 1. The van der Waals surface area contributed by atoms with Gasteiger partial charge in [-0.1, -0.05) is 243 Å². The molecule has 11 heteroatoms. The van der Waals surface area contributed by atoms with E-state index in [0.717, 1.165) is 83.5 Å². The summed E-state index contributed by atoms with van der Waals surface area (Å²) in [5, 5.41) is 56.9. The van der Waals surface area contributed by atoms with Gasteiger partial charge in [-0.3, -0.25) is 9.59 Å². The van der Waals surface area contributed by atoms with Crippen molar-refractivity contribution in [3.05, 3.63) is 48.6 Å². The van der Waals surface area contributed by atoms with Gasteiger partial charge in [0, 0.05) is 6.42 Å². The molecule has 0 aromatic heterocycles. The molecule has 438 valence electrons. The van der Waals surface area contributed by atoms with E-state index in [2.05, 4.69) is 62.5 Å². The number of unbranched alkanes of at least 4 members (excludes halogenated alkanes) is 33. The molecule has 1 rings (SSSR count). The van der Waals surface area contributed by atoms with Gasteiger partial charge in [-0.25, -0.2) is 0 Å². The number of allylic oxidation sites excluding steroid dienone is 7. The Kier molecular flexibility index (Phi) is 49.3. The SMILES string of the molecule is CCCCC/C=C\C/C=C\CCCCCCCCCCCCC(O)C(=O)NC(COC1OC(CO)C(O)C(O)C1OC(=O)CCCCCCCCC/C=C\CCCCCC)C(O)/C=C/CCCCCCCCCCC. The second-order valence-electron chi connectivity index (χ2n) is 21.8. The van der Waals surface area contributed by atoms with E-state index in [9.17, 15) is 35.1 Å². The molecule has 0 aliphatic carbocycles. The lowest BCUT2D eigenvalue weighted by Crippen LogP contribution is -2.61. The average molecular weight is 1060 g/mol. The predicted molar refractivity (Wildman–Crippen MR) is 310 cm³/mol. The first kappa shape index (κ1) is 70.6. The lowest BCUT2D eigenvalue weighted by Gasteiger charge is -2.41. The summed E-state index contributed by atoms with van der Waals surface area (Å²) in [6.45, 7) is 5.75. The van der Waals surface area contributed by atoms with Crippen molar-refractivity contribution in [3.63, 3.8) is 0 Å². The van der Waals surface area contributed by atoms with Gasteiger partial charge in [0.2, 0.25) is 5.91 Å². The van der Waals surface area contributed by atoms with Crippen molar-refractivity contribution >= 4 is 11.9 Å². The van der Waals surface area contributed by atoms with Crippen LogP contribution >= 0.6 is 0 Å². The van der Waals surface area contributed by atoms with E-state index in [1.807, 2.05) is 6.08 Å². The summed E-state index contributed by atoms with van der Waals surface area (Å²) in [5.74, 6) is -1.20. The van der Waals surface area contributed by atoms with Crippen LogP contribution in [-0.2, 0) is 23.8 Å². The van der Waals surface area contributed by atoms with Gasteiger partial charge < -0.3 is 45.1 Å². The fourth-order valence-electron chi connectivity index (χ4n) is 9.68. The van der Waals surface area contributed by atoms with E-state index < -0.39 is 67.4 Å². The van der Waals surface area contributed by atoms with E-state index in [4.69, 9.17) is 14.2 Å². The molecule has 11 nitrogen and oxygen atoms in total. The first-order valence-electron chi connectivity index (χ1n) is 31.4. The molecule has 8 atom stereocenters. The number of rotatable bonds is 53. The van der Waals surface area contributed by atoms with Crippen LogP contribution in [-0.4, -0.2) is 99.6 Å². The van der Waals surface area contributed by atoms with Crippen molar-refractivity contribution in [2.75, 3.05) is 13.2 Å². The summed E-state index contributed by atoms with van der Waals surface area (Å²) < 4.78 is 17.6. The number of hydrogen-bond donors (Lipinski definition) is 6. The number of nitrogens with one attached hydrogen (secondary N) is 1. The zero-order valence-electron chi connectivity index (χ0n) is 48.4. The number of carbonyl (C=O) groups excluding carboxylic acids is 2. The molecule has 0 radical (unpaired) electrons. The van der Waals surface area contributed by atoms with Crippen molar-refractivity contribution < 1.29 is 49.3 Å². The molecule has 1 aliphatic rings. The Morgan fingerprint density at radius 3 is 1.41 bits per heavy atom. The van der Waals surface area contributed by atoms with Crippen molar-refractivity contribution in [1.29, 1.82) is 0 Å². The van der Waals surface area contributed by atoms with Gasteiger partial charge in [0.1, 0.15) is 24.4 Å². The van der Waals surface area contributed by atoms with Crippen LogP contribution in [0.1, 0.15) is 284 Å². The lowest BCUT2D eigenvalue weighted by atomic mass is 9.99. The van der Waals surface area contributed by atoms with E-state index in [0.29, 0.717) is 12.8 Å². The highest BCUT2D eigenvalue weighted by atomic mass is 16.7. The van der Waals surface area contributed by atoms with E-state index in [1.54, 1.807) is 6.08 Å². The molecule has 8 unspecified atom stereocenters. The summed E-state index contributed by atoms with van der Waals surface area (Å²) in [4.78, 5) is 26.5. The van der Waals surface area contributed by atoms with Crippen molar-refractivity contribution in [3.8, 4) is 0 Å². The fourth-order valence-corrected chi connectivity index (χ4v) is 9.68. The minimum atomic E-state index is -1.61. The second kappa shape index (κ2) is 52.3. The Labute approximate surface area is 459 Å². The largest absolute Gasteiger partial charge is 0.454 e. The number of aliphatic hydroxyl groups excluding tert-OH is 5. The molecule has 1 fully saturated rings. The van der Waals surface area contributed by atoms with Gasteiger partial charge in [0.25, 0.3) is 0 Å². The summed E-state index contributed by atoms with van der Waals surface area (Å²) in [6, 6.07) is -1.02. The average Bonchev–Trinajstić information content (AvgIpc) is 3.41. The molecule has 1 aliphatic heterocycles. The Morgan fingerprint density at radius 2 is 0.920 bits per heavy atom. The first-order chi connectivity index (χ1) is 36.7. The quantitative estimate of drug-likeness (QED) is 0.0195. The molecule has 1 saturated heterocycles. The van der Waals surface area contributed by atoms with Crippen LogP contribution in [0, 0.1) is 0 Å². The molecule has 0 saturated carbocycles. The van der Waals surface area contributed by atoms with E-state index in [1.165, 1.54) is 154 Å². The third-order valence-corrected chi connectivity index (χ3v) is 14.7. The topological polar surface area (TPSA) is 175 Å². The standard InChI is InChI=1S/C64H117NO10/c1-4-7-10-13-16-19-22-24-26-27-28-29-30-32-33-36-39-42-45-48-51-57(68)63(72)65-55(56(67)50-47-44-41-38-35-21-18-15-12-9-6-3)54-73-64-62(61(71)60(70)58(53-66)74-64)75-59(69)52-49-46-43-40-37-34-31-25-23-20-17-14-11-8-5-2/h16,19-20,23-24,26,47,50,55-58,60-62,64,66-68,70-71H,4-15,17-18,21-22,25,27-46,48-49,51-54H2,1-3H3,(H,65,72)/b19-16-,23-20-,26-24-,50-47+. The molecular formula is C64H117NO10. The molecule has 0 bridgehead atoms. The number of hydrogen-bond acceptors (Lipinski definition) is 10. The summed E-state index contributed by atoms with van der Waals surface area (Å²) >= 11 is 0. The predicted octanol–water partition coefficient (Wildman–Crippen LogP) is 14.8. The van der Waals surface area contributed by atoms with Crippen molar-refractivity contribution in [2.24, 2.45) is 0 Å². The van der Waals surface area contributed by atoms with Gasteiger partial charge in [0.05, 0.1) is 25.4 Å². The minimum Gasteiger partial charge on any atom is -0.454 e. The Morgan fingerprint density at radius 1 is 0.520 bits per heavy atom. The van der Waals surface area contributed by atoms with E-state index in [-0.39, 0.29) is 19.4 Å². The Hall–Kier alpha value is -2.38. The second-order valence-corrected chi connectivity index (χ2v) is 21.8. The van der Waals surface area contributed by atoms with Crippen LogP contribution in [0.15, 0.2) is 48.6 Å². The molecule has 6 N–H and O–H groups in total. The number of ether oxygens (including phenoxy) is 3. The highest BCUT2D eigenvalue weighted by Crippen LogP contribution is 2.26. The highest BCUT2D eigenvalue weighted by molar-refractivity contribution is 5.80. The smallest absolute Gasteiger partial charge is 0.306 e. The molecule has 0 aromatic carbocycles.